The standard InChI is InChI=1S/C8H10O.C4H12N/c1-6-4-3-5-7(2)8(6)9;1-5(2,3)4/h3-5,9H,1-2H3;1-4H3/q;+1/p-1. The molecule has 2 heteroatoms. The lowest BCUT2D eigenvalue weighted by molar-refractivity contribution is -0.849. The average molecular weight is 195 g/mol. The molecule has 0 N–H and O–H groups in total. The fourth-order valence-corrected chi connectivity index (χ4v) is 0.799. The van der Waals surface area contributed by atoms with E-state index < -0.39 is 0 Å². The molecule has 0 aliphatic rings. The van der Waals surface area contributed by atoms with Crippen molar-refractivity contribution in [3.63, 3.8) is 0 Å². The van der Waals surface area contributed by atoms with Crippen LogP contribution < -0.4 is 5.11 Å². The van der Waals surface area contributed by atoms with Gasteiger partial charge >= 0.3 is 0 Å². The van der Waals surface area contributed by atoms with Crippen LogP contribution >= 0.6 is 0 Å². The van der Waals surface area contributed by atoms with Gasteiger partial charge in [0.05, 0.1) is 28.2 Å². The van der Waals surface area contributed by atoms with E-state index in [2.05, 4.69) is 28.2 Å². The third-order valence-corrected chi connectivity index (χ3v) is 1.41. The lowest BCUT2D eigenvalue weighted by Crippen LogP contribution is -2.27. The van der Waals surface area contributed by atoms with Crippen molar-refractivity contribution in [2.75, 3.05) is 28.2 Å². The lowest BCUT2D eigenvalue weighted by atomic mass is 10.1. The van der Waals surface area contributed by atoms with Gasteiger partial charge in [-0.2, -0.15) is 0 Å². The zero-order valence-corrected chi connectivity index (χ0v) is 10.1. The summed E-state index contributed by atoms with van der Waals surface area (Å²) in [5, 5.41) is 11.0. The molecule has 0 fully saturated rings. The maximum Gasteiger partial charge on any atom is 0.0675 e. The molecule has 80 valence electrons. The van der Waals surface area contributed by atoms with Gasteiger partial charge in [-0.3, -0.25) is 0 Å². The summed E-state index contributed by atoms with van der Waals surface area (Å²) in [6.07, 6.45) is 0. The van der Waals surface area contributed by atoms with Crippen molar-refractivity contribution in [2.45, 2.75) is 13.8 Å². The monoisotopic (exact) mass is 195 g/mol. The summed E-state index contributed by atoms with van der Waals surface area (Å²) in [5.74, 6) is 0.164. The van der Waals surface area contributed by atoms with Crippen LogP contribution in [0.5, 0.6) is 5.75 Å². The summed E-state index contributed by atoms with van der Waals surface area (Å²) in [6.45, 7) is 3.66. The second kappa shape index (κ2) is 5.01. The lowest BCUT2D eigenvalue weighted by Gasteiger charge is -2.14. The molecule has 1 rings (SSSR count). The molecule has 2 nitrogen and oxygen atoms in total. The Balaban J connectivity index is 0.000000292. The molecular formula is C12H21NO. The summed E-state index contributed by atoms with van der Waals surface area (Å²) in [6, 6.07) is 5.55. The van der Waals surface area contributed by atoms with E-state index in [9.17, 15) is 5.11 Å². The number of quaternary nitrogens is 1. The van der Waals surface area contributed by atoms with Gasteiger partial charge in [0.1, 0.15) is 0 Å². The Morgan fingerprint density at radius 1 is 0.929 bits per heavy atom. The van der Waals surface area contributed by atoms with E-state index in [4.69, 9.17) is 0 Å². The predicted octanol–water partition coefficient (Wildman–Crippen LogP) is 1.70. The third-order valence-electron chi connectivity index (χ3n) is 1.41. The van der Waals surface area contributed by atoms with Gasteiger partial charge in [0.25, 0.3) is 0 Å². The first-order valence-corrected chi connectivity index (χ1v) is 4.74. The zero-order valence-electron chi connectivity index (χ0n) is 10.1. The minimum absolute atomic E-state index is 0.164. The molecule has 0 aliphatic carbocycles. The molecule has 0 saturated heterocycles. The van der Waals surface area contributed by atoms with E-state index in [0.717, 1.165) is 15.6 Å². The molecule has 1 aromatic rings. The Labute approximate surface area is 87.4 Å². The molecule has 0 bridgehead atoms. The number of hydrogen-bond acceptors (Lipinski definition) is 1. The first-order valence-electron chi connectivity index (χ1n) is 4.74. The average Bonchev–Trinajstić information content (AvgIpc) is 1.97. The number of aryl methyl sites for hydroxylation is 2. The number of benzene rings is 1. The summed E-state index contributed by atoms with van der Waals surface area (Å²) < 4.78 is 1.00. The van der Waals surface area contributed by atoms with Crippen molar-refractivity contribution in [2.24, 2.45) is 0 Å². The smallest absolute Gasteiger partial charge is 0.0675 e. The summed E-state index contributed by atoms with van der Waals surface area (Å²) in [4.78, 5) is 0. The Hall–Kier alpha value is -1.02. The van der Waals surface area contributed by atoms with Crippen molar-refractivity contribution < 1.29 is 9.59 Å². The minimum atomic E-state index is 0.164. The molecule has 0 saturated carbocycles. The van der Waals surface area contributed by atoms with E-state index in [0.29, 0.717) is 0 Å². The Morgan fingerprint density at radius 3 is 1.43 bits per heavy atom. The summed E-state index contributed by atoms with van der Waals surface area (Å²) in [5.41, 5.74) is 1.66. The maximum absolute atomic E-state index is 11.0. The Morgan fingerprint density at radius 2 is 1.21 bits per heavy atom. The second-order valence-electron chi connectivity index (χ2n) is 4.90. The number of rotatable bonds is 0. The molecule has 0 spiro atoms. The van der Waals surface area contributed by atoms with E-state index in [1.807, 2.05) is 32.0 Å². The molecule has 1 aromatic carbocycles. The minimum Gasteiger partial charge on any atom is -0.872 e. The Bertz CT molecular complexity index is 261. The van der Waals surface area contributed by atoms with Crippen molar-refractivity contribution in [3.8, 4) is 5.75 Å². The third kappa shape index (κ3) is 6.49. The summed E-state index contributed by atoms with van der Waals surface area (Å²) in [7, 11) is 8.50. The van der Waals surface area contributed by atoms with Gasteiger partial charge in [0.15, 0.2) is 0 Å². The van der Waals surface area contributed by atoms with Crippen LogP contribution in [0.25, 0.3) is 0 Å². The number of para-hydroxylation sites is 1. The van der Waals surface area contributed by atoms with Crippen molar-refractivity contribution in [3.05, 3.63) is 29.3 Å². The zero-order chi connectivity index (χ0) is 11.4. The highest BCUT2D eigenvalue weighted by atomic mass is 16.3. The molecular weight excluding hydrogens is 174 g/mol. The highest BCUT2D eigenvalue weighted by Gasteiger charge is 1.88. The first-order chi connectivity index (χ1) is 6.22. The topological polar surface area (TPSA) is 23.1 Å². The van der Waals surface area contributed by atoms with Crippen molar-refractivity contribution >= 4 is 0 Å². The first kappa shape index (κ1) is 13.0. The molecule has 0 aromatic heterocycles. The normalized spacial score (nSPS) is 10.4. The molecule has 0 radical (unpaired) electrons. The van der Waals surface area contributed by atoms with E-state index >= 15 is 0 Å². The highest BCUT2D eigenvalue weighted by Crippen LogP contribution is 2.15. The van der Waals surface area contributed by atoms with Gasteiger partial charge in [0.2, 0.25) is 0 Å². The largest absolute Gasteiger partial charge is 0.872 e. The van der Waals surface area contributed by atoms with Gasteiger partial charge in [-0.1, -0.05) is 29.3 Å². The molecule has 0 amide bonds. The van der Waals surface area contributed by atoms with Gasteiger partial charge in [-0.05, 0) is 13.8 Å². The van der Waals surface area contributed by atoms with Crippen molar-refractivity contribution in [1.29, 1.82) is 0 Å². The molecule has 0 aliphatic heterocycles. The van der Waals surface area contributed by atoms with Gasteiger partial charge in [-0.25, -0.2) is 0 Å². The number of hydrogen-bond donors (Lipinski definition) is 0. The second-order valence-corrected chi connectivity index (χ2v) is 4.90. The van der Waals surface area contributed by atoms with E-state index in [1.54, 1.807) is 0 Å². The SMILES string of the molecule is C[N+](C)(C)C.Cc1cccc(C)c1[O-]. The fraction of sp³-hybridized carbons (Fsp3) is 0.500. The van der Waals surface area contributed by atoms with Crippen LogP contribution in [0.1, 0.15) is 11.1 Å². The predicted molar refractivity (Wildman–Crippen MR) is 59.3 cm³/mol. The number of nitrogens with zero attached hydrogens (tertiary/aromatic N) is 1. The van der Waals surface area contributed by atoms with Crippen LogP contribution in [-0.2, 0) is 0 Å². The quantitative estimate of drug-likeness (QED) is 0.578. The Kier molecular flexibility index (Phi) is 4.64. The summed E-state index contributed by atoms with van der Waals surface area (Å²) >= 11 is 0. The van der Waals surface area contributed by atoms with Crippen LogP contribution in [0.2, 0.25) is 0 Å². The molecule has 14 heavy (non-hydrogen) atoms. The van der Waals surface area contributed by atoms with E-state index in [-0.39, 0.29) is 5.75 Å². The van der Waals surface area contributed by atoms with E-state index in [1.165, 1.54) is 0 Å². The van der Waals surface area contributed by atoms with Crippen LogP contribution in [0.15, 0.2) is 18.2 Å². The van der Waals surface area contributed by atoms with Crippen LogP contribution in [-0.4, -0.2) is 32.7 Å². The van der Waals surface area contributed by atoms with Gasteiger partial charge in [0, 0.05) is 0 Å². The van der Waals surface area contributed by atoms with Crippen LogP contribution in [0.4, 0.5) is 0 Å². The molecule has 0 unspecified atom stereocenters. The van der Waals surface area contributed by atoms with Gasteiger partial charge in [-0.15, -0.1) is 5.75 Å². The van der Waals surface area contributed by atoms with Crippen LogP contribution in [0.3, 0.4) is 0 Å². The maximum atomic E-state index is 11.0. The molecule has 0 heterocycles. The van der Waals surface area contributed by atoms with Crippen molar-refractivity contribution in [1.82, 2.24) is 0 Å². The molecule has 0 atom stereocenters. The van der Waals surface area contributed by atoms with Gasteiger partial charge < -0.3 is 9.59 Å². The van der Waals surface area contributed by atoms with Crippen LogP contribution in [0, 0.1) is 13.8 Å². The highest BCUT2D eigenvalue weighted by molar-refractivity contribution is 5.36. The fourth-order valence-electron chi connectivity index (χ4n) is 0.799.